The number of amides is 2. The molecular formula is C21H26N6O4. The lowest BCUT2D eigenvalue weighted by Crippen LogP contribution is -2.46. The van der Waals surface area contributed by atoms with Gasteiger partial charge in [0.1, 0.15) is 18.1 Å². The first-order valence-electron chi connectivity index (χ1n) is 10.5. The van der Waals surface area contributed by atoms with E-state index in [1.165, 1.54) is 0 Å². The molecule has 4 rings (SSSR count). The maximum absolute atomic E-state index is 12.6. The molecule has 0 radical (unpaired) electrons. The van der Waals surface area contributed by atoms with Gasteiger partial charge >= 0.3 is 12.0 Å². The molecular weight excluding hydrogens is 400 g/mol. The minimum atomic E-state index is -0.453. The number of carbonyl (C=O) groups excluding carboxylic acids is 2. The predicted molar refractivity (Wildman–Crippen MR) is 112 cm³/mol. The molecule has 2 aliphatic heterocycles. The highest BCUT2D eigenvalue weighted by Gasteiger charge is 2.29. The van der Waals surface area contributed by atoms with Crippen molar-refractivity contribution in [2.45, 2.75) is 19.9 Å². The number of rotatable bonds is 5. The Morgan fingerprint density at radius 3 is 2.77 bits per heavy atom. The van der Waals surface area contributed by atoms with Crippen LogP contribution >= 0.6 is 0 Å². The number of morpholine rings is 1. The summed E-state index contributed by atoms with van der Waals surface area (Å²) in [6.45, 7) is 5.44. The molecule has 10 nitrogen and oxygen atoms in total. The van der Waals surface area contributed by atoms with Gasteiger partial charge in [-0.1, -0.05) is 6.07 Å². The third-order valence-electron chi connectivity index (χ3n) is 5.22. The van der Waals surface area contributed by atoms with Crippen molar-refractivity contribution in [2.24, 2.45) is 0 Å². The number of anilines is 1. The van der Waals surface area contributed by atoms with Crippen LogP contribution in [0.15, 0.2) is 24.4 Å². The lowest BCUT2D eigenvalue weighted by Gasteiger charge is -2.34. The number of esters is 1. The summed E-state index contributed by atoms with van der Waals surface area (Å²) in [4.78, 5) is 42.0. The van der Waals surface area contributed by atoms with E-state index in [1.54, 1.807) is 18.0 Å². The van der Waals surface area contributed by atoms with Gasteiger partial charge in [-0.25, -0.2) is 14.8 Å². The van der Waals surface area contributed by atoms with E-state index in [1.807, 2.05) is 18.2 Å². The number of nitrogens with zero attached hydrogens (tertiary/aromatic N) is 5. The summed E-state index contributed by atoms with van der Waals surface area (Å²) >= 11 is 0. The van der Waals surface area contributed by atoms with Crippen LogP contribution in [0.1, 0.15) is 18.2 Å². The normalized spacial score (nSPS) is 15.9. The minimum Gasteiger partial charge on any atom is -0.465 e. The molecule has 1 N–H and O–H groups in total. The smallest absolute Gasteiger partial charge is 0.325 e. The Morgan fingerprint density at radius 1 is 1.19 bits per heavy atom. The van der Waals surface area contributed by atoms with Gasteiger partial charge in [0, 0.05) is 37.8 Å². The second-order valence-corrected chi connectivity index (χ2v) is 7.25. The van der Waals surface area contributed by atoms with Gasteiger partial charge in [-0.05, 0) is 19.1 Å². The van der Waals surface area contributed by atoms with Crippen LogP contribution in [0, 0.1) is 0 Å². The third kappa shape index (κ3) is 4.91. The summed E-state index contributed by atoms with van der Waals surface area (Å²) in [6, 6.07) is 5.36. The molecule has 2 amide bonds. The van der Waals surface area contributed by atoms with Crippen molar-refractivity contribution in [1.29, 1.82) is 0 Å². The van der Waals surface area contributed by atoms with E-state index in [-0.39, 0.29) is 19.2 Å². The molecule has 0 atom stereocenters. The van der Waals surface area contributed by atoms with Crippen LogP contribution in [0.25, 0.3) is 11.5 Å². The van der Waals surface area contributed by atoms with Crippen molar-refractivity contribution >= 4 is 17.8 Å². The Bertz CT molecular complexity index is 933. The molecule has 31 heavy (non-hydrogen) atoms. The second kappa shape index (κ2) is 9.69. The van der Waals surface area contributed by atoms with E-state index in [2.05, 4.69) is 15.2 Å². The van der Waals surface area contributed by atoms with Crippen LogP contribution in [0.2, 0.25) is 0 Å². The Hall–Kier alpha value is -3.27. The summed E-state index contributed by atoms with van der Waals surface area (Å²) < 4.78 is 10.4. The summed E-state index contributed by atoms with van der Waals surface area (Å²) in [7, 11) is 0. The van der Waals surface area contributed by atoms with Crippen molar-refractivity contribution in [2.75, 3.05) is 50.9 Å². The molecule has 2 aliphatic rings. The SMILES string of the molecule is CCOC(=O)CNC(=O)N1CCc2nc(-c3ccccn3)nc(N3CCOCC3)c2C1. The first kappa shape index (κ1) is 21.0. The molecule has 10 heteroatoms. The van der Waals surface area contributed by atoms with Crippen LogP contribution in [0.4, 0.5) is 10.6 Å². The maximum atomic E-state index is 12.6. The summed E-state index contributed by atoms with van der Waals surface area (Å²) in [6.07, 6.45) is 2.32. The number of urea groups is 1. The van der Waals surface area contributed by atoms with Gasteiger partial charge < -0.3 is 24.6 Å². The number of ether oxygens (including phenoxy) is 2. The number of aromatic nitrogens is 3. The van der Waals surface area contributed by atoms with Crippen molar-refractivity contribution < 1.29 is 19.1 Å². The Kier molecular flexibility index (Phi) is 6.56. The quantitative estimate of drug-likeness (QED) is 0.706. The van der Waals surface area contributed by atoms with Gasteiger partial charge in [-0.2, -0.15) is 0 Å². The van der Waals surface area contributed by atoms with Gasteiger partial charge in [0.25, 0.3) is 0 Å². The minimum absolute atomic E-state index is 0.151. The summed E-state index contributed by atoms with van der Waals surface area (Å²) in [5, 5.41) is 2.63. The van der Waals surface area contributed by atoms with E-state index in [4.69, 9.17) is 19.4 Å². The van der Waals surface area contributed by atoms with E-state index in [9.17, 15) is 9.59 Å². The average molecular weight is 426 g/mol. The highest BCUT2D eigenvalue weighted by atomic mass is 16.5. The summed E-state index contributed by atoms with van der Waals surface area (Å²) in [5.74, 6) is 0.948. The fourth-order valence-corrected chi connectivity index (χ4v) is 3.69. The average Bonchev–Trinajstić information content (AvgIpc) is 2.83. The Balaban J connectivity index is 1.59. The zero-order chi connectivity index (χ0) is 21.6. The molecule has 1 fully saturated rings. The first-order valence-corrected chi connectivity index (χ1v) is 10.5. The molecule has 0 unspecified atom stereocenters. The third-order valence-corrected chi connectivity index (χ3v) is 5.22. The van der Waals surface area contributed by atoms with Crippen LogP contribution in [-0.4, -0.2) is 77.9 Å². The molecule has 4 heterocycles. The molecule has 164 valence electrons. The molecule has 0 aromatic carbocycles. The number of fused-ring (bicyclic) bond motifs is 1. The summed E-state index contributed by atoms with van der Waals surface area (Å²) in [5.41, 5.74) is 2.57. The first-order chi connectivity index (χ1) is 15.2. The lowest BCUT2D eigenvalue weighted by atomic mass is 10.1. The zero-order valence-electron chi connectivity index (χ0n) is 17.5. The molecule has 2 aromatic heterocycles. The molecule has 0 aliphatic carbocycles. The number of carbonyl (C=O) groups is 2. The fraction of sp³-hybridized carbons (Fsp3) is 0.476. The number of nitrogens with one attached hydrogen (secondary N) is 1. The standard InChI is InChI=1S/C21H26N6O4/c1-2-31-18(28)13-23-21(29)27-8-6-16-15(14-27)20(26-9-11-30-12-10-26)25-19(24-16)17-5-3-4-7-22-17/h3-5,7H,2,6,8-14H2,1H3,(H,23,29). The predicted octanol–water partition coefficient (Wildman–Crippen LogP) is 1.01. The number of hydrogen-bond acceptors (Lipinski definition) is 8. The van der Waals surface area contributed by atoms with Gasteiger partial charge in [0.2, 0.25) is 0 Å². The largest absolute Gasteiger partial charge is 0.465 e. The van der Waals surface area contributed by atoms with E-state index >= 15 is 0 Å². The molecule has 1 saturated heterocycles. The van der Waals surface area contributed by atoms with E-state index in [0.717, 1.165) is 35.9 Å². The van der Waals surface area contributed by atoms with Crippen LogP contribution in [-0.2, 0) is 27.2 Å². The molecule has 0 spiro atoms. The van der Waals surface area contributed by atoms with Gasteiger partial charge in [-0.15, -0.1) is 0 Å². The van der Waals surface area contributed by atoms with Gasteiger partial charge in [0.05, 0.1) is 32.1 Å². The Morgan fingerprint density at radius 2 is 2.03 bits per heavy atom. The molecule has 0 bridgehead atoms. The number of hydrogen-bond donors (Lipinski definition) is 1. The van der Waals surface area contributed by atoms with Crippen molar-refractivity contribution in [3.63, 3.8) is 0 Å². The second-order valence-electron chi connectivity index (χ2n) is 7.25. The Labute approximate surface area is 180 Å². The van der Waals surface area contributed by atoms with Crippen LogP contribution < -0.4 is 10.2 Å². The van der Waals surface area contributed by atoms with Gasteiger partial charge in [-0.3, -0.25) is 9.78 Å². The maximum Gasteiger partial charge on any atom is 0.325 e. The fourth-order valence-electron chi connectivity index (χ4n) is 3.69. The monoisotopic (exact) mass is 426 g/mol. The van der Waals surface area contributed by atoms with E-state index < -0.39 is 5.97 Å². The highest BCUT2D eigenvalue weighted by molar-refractivity contribution is 5.81. The molecule has 2 aromatic rings. The van der Waals surface area contributed by atoms with Crippen LogP contribution in [0.5, 0.6) is 0 Å². The van der Waals surface area contributed by atoms with Crippen molar-refractivity contribution in [1.82, 2.24) is 25.2 Å². The van der Waals surface area contributed by atoms with Crippen molar-refractivity contribution in [3.05, 3.63) is 35.7 Å². The van der Waals surface area contributed by atoms with Gasteiger partial charge in [0.15, 0.2) is 5.82 Å². The lowest BCUT2D eigenvalue weighted by molar-refractivity contribution is -0.141. The highest BCUT2D eigenvalue weighted by Crippen LogP contribution is 2.29. The topological polar surface area (TPSA) is 110 Å². The zero-order valence-corrected chi connectivity index (χ0v) is 17.5. The van der Waals surface area contributed by atoms with E-state index in [0.29, 0.717) is 38.5 Å². The number of pyridine rings is 1. The van der Waals surface area contributed by atoms with Crippen LogP contribution in [0.3, 0.4) is 0 Å². The molecule has 0 saturated carbocycles. The van der Waals surface area contributed by atoms with Crippen molar-refractivity contribution in [3.8, 4) is 11.5 Å².